The summed E-state index contributed by atoms with van der Waals surface area (Å²) in [4.78, 5) is 39.5. The second-order valence-corrected chi connectivity index (χ2v) is 7.68. The van der Waals surface area contributed by atoms with Gasteiger partial charge in [-0.15, -0.1) is 0 Å². The van der Waals surface area contributed by atoms with Crippen LogP contribution in [0.25, 0.3) is 0 Å². The van der Waals surface area contributed by atoms with Gasteiger partial charge in [-0.05, 0) is 55.9 Å². The molecule has 7 nitrogen and oxygen atoms in total. The van der Waals surface area contributed by atoms with E-state index in [9.17, 15) is 18.8 Å². The second kappa shape index (κ2) is 9.82. The van der Waals surface area contributed by atoms with E-state index in [1.807, 2.05) is 4.90 Å². The average Bonchev–Trinajstić information content (AvgIpc) is 3.57. The molecule has 1 heterocycles. The van der Waals surface area contributed by atoms with E-state index in [2.05, 4.69) is 10.6 Å². The summed E-state index contributed by atoms with van der Waals surface area (Å²) in [6, 6.07) is 4.49. The maximum atomic E-state index is 13.1. The van der Waals surface area contributed by atoms with Crippen LogP contribution in [-0.2, 0) is 14.3 Å². The molecule has 3 rings (SSSR count). The Hall–Kier alpha value is -2.48. The van der Waals surface area contributed by atoms with Crippen LogP contribution in [0.1, 0.15) is 36.0 Å². The lowest BCUT2D eigenvalue weighted by Crippen LogP contribution is -2.54. The van der Waals surface area contributed by atoms with Gasteiger partial charge in [0, 0.05) is 38.2 Å². The van der Waals surface area contributed by atoms with Gasteiger partial charge in [-0.3, -0.25) is 14.4 Å². The SMILES string of the molecule is COCCNC(=O)[C@@H](NC(=O)c1ccc(F)cc1)C1CCN(C(=O)C2CC2)CC1. The van der Waals surface area contributed by atoms with Crippen LogP contribution in [0, 0.1) is 17.7 Å². The van der Waals surface area contributed by atoms with E-state index < -0.39 is 17.8 Å². The molecule has 1 atom stereocenters. The molecule has 1 aliphatic carbocycles. The number of benzene rings is 1. The molecule has 0 unspecified atom stereocenters. The molecule has 1 saturated carbocycles. The van der Waals surface area contributed by atoms with Gasteiger partial charge in [0.05, 0.1) is 6.61 Å². The van der Waals surface area contributed by atoms with Gasteiger partial charge in [0.25, 0.3) is 5.91 Å². The fourth-order valence-electron chi connectivity index (χ4n) is 3.65. The number of hydrogen-bond acceptors (Lipinski definition) is 4. The van der Waals surface area contributed by atoms with Gasteiger partial charge in [0.15, 0.2) is 0 Å². The number of ether oxygens (including phenoxy) is 1. The number of likely N-dealkylation sites (tertiary alicyclic amines) is 1. The van der Waals surface area contributed by atoms with Gasteiger partial charge in [0.1, 0.15) is 11.9 Å². The van der Waals surface area contributed by atoms with Crippen LogP contribution in [0.15, 0.2) is 24.3 Å². The highest BCUT2D eigenvalue weighted by Gasteiger charge is 2.38. The molecule has 3 amide bonds. The topological polar surface area (TPSA) is 87.7 Å². The van der Waals surface area contributed by atoms with Crippen LogP contribution in [0.4, 0.5) is 4.39 Å². The molecule has 2 fully saturated rings. The molecule has 2 N–H and O–H groups in total. The average molecular weight is 405 g/mol. The maximum absolute atomic E-state index is 13.1. The third kappa shape index (κ3) is 5.76. The summed E-state index contributed by atoms with van der Waals surface area (Å²) in [5.41, 5.74) is 0.294. The first-order valence-corrected chi connectivity index (χ1v) is 10.1. The number of hydrogen-bond donors (Lipinski definition) is 2. The monoisotopic (exact) mass is 405 g/mol. The Balaban J connectivity index is 1.64. The van der Waals surface area contributed by atoms with Crippen LogP contribution in [0.3, 0.4) is 0 Å². The zero-order chi connectivity index (χ0) is 20.8. The van der Waals surface area contributed by atoms with Gasteiger partial charge in [-0.25, -0.2) is 4.39 Å². The number of nitrogens with zero attached hydrogens (tertiary/aromatic N) is 1. The minimum absolute atomic E-state index is 0.0785. The summed E-state index contributed by atoms with van der Waals surface area (Å²) < 4.78 is 18.1. The summed E-state index contributed by atoms with van der Waals surface area (Å²) in [5.74, 6) is -0.816. The Kier molecular flexibility index (Phi) is 7.19. The third-order valence-corrected chi connectivity index (χ3v) is 5.53. The third-order valence-electron chi connectivity index (χ3n) is 5.53. The fraction of sp³-hybridized carbons (Fsp3) is 0.571. The number of piperidine rings is 1. The summed E-state index contributed by atoms with van der Waals surface area (Å²) in [7, 11) is 1.55. The van der Waals surface area contributed by atoms with Crippen molar-refractivity contribution < 1.29 is 23.5 Å². The lowest BCUT2D eigenvalue weighted by Gasteiger charge is -2.36. The molecule has 8 heteroatoms. The standard InChI is InChI=1S/C21H28FN3O4/c1-29-13-10-23-20(27)18(24-19(26)15-4-6-17(22)7-5-15)14-8-11-25(12-9-14)21(28)16-2-3-16/h4-7,14,16,18H,2-3,8-13H2,1H3,(H,23,27)(H,24,26)/t18-/m0/s1. The Bertz CT molecular complexity index is 728. The lowest BCUT2D eigenvalue weighted by molar-refractivity contribution is -0.134. The molecule has 0 aromatic heterocycles. The van der Waals surface area contributed by atoms with Crippen molar-refractivity contribution in [3.05, 3.63) is 35.6 Å². The first-order chi connectivity index (χ1) is 14.0. The summed E-state index contributed by atoms with van der Waals surface area (Å²) >= 11 is 0. The second-order valence-electron chi connectivity index (χ2n) is 7.68. The summed E-state index contributed by atoms with van der Waals surface area (Å²) in [6.45, 7) is 1.90. The quantitative estimate of drug-likeness (QED) is 0.639. The number of carbonyl (C=O) groups excluding carboxylic acids is 3. The molecular formula is C21H28FN3O4. The van der Waals surface area contributed by atoms with Gasteiger partial charge < -0.3 is 20.3 Å². The maximum Gasteiger partial charge on any atom is 0.251 e. The summed E-state index contributed by atoms with van der Waals surface area (Å²) in [5, 5.41) is 5.60. The zero-order valence-electron chi connectivity index (χ0n) is 16.7. The predicted octanol–water partition coefficient (Wildman–Crippen LogP) is 1.34. The smallest absolute Gasteiger partial charge is 0.251 e. The van der Waals surface area contributed by atoms with Crippen molar-refractivity contribution >= 4 is 17.7 Å². The van der Waals surface area contributed by atoms with Gasteiger partial charge in [0.2, 0.25) is 11.8 Å². The number of carbonyl (C=O) groups is 3. The van der Waals surface area contributed by atoms with E-state index in [0.717, 1.165) is 12.8 Å². The van der Waals surface area contributed by atoms with Crippen molar-refractivity contribution in [2.45, 2.75) is 31.7 Å². The predicted molar refractivity (Wildman–Crippen MR) is 105 cm³/mol. The number of amides is 3. The van der Waals surface area contributed by atoms with E-state index >= 15 is 0 Å². The van der Waals surface area contributed by atoms with Crippen LogP contribution in [0.2, 0.25) is 0 Å². The molecule has 2 aliphatic rings. The van der Waals surface area contributed by atoms with E-state index in [1.165, 1.54) is 24.3 Å². The van der Waals surface area contributed by atoms with Crippen molar-refractivity contribution in [3.8, 4) is 0 Å². The zero-order valence-corrected chi connectivity index (χ0v) is 16.7. The molecule has 1 aromatic rings. The first-order valence-electron chi connectivity index (χ1n) is 10.1. The van der Waals surface area contributed by atoms with Crippen LogP contribution in [-0.4, -0.2) is 62.0 Å². The molecule has 1 aliphatic heterocycles. The number of methoxy groups -OCH3 is 1. The highest BCUT2D eigenvalue weighted by atomic mass is 19.1. The summed E-state index contributed by atoms with van der Waals surface area (Å²) in [6.07, 6.45) is 3.23. The molecule has 158 valence electrons. The first kappa shape index (κ1) is 21.2. The van der Waals surface area contributed by atoms with Crippen LogP contribution < -0.4 is 10.6 Å². The van der Waals surface area contributed by atoms with Gasteiger partial charge >= 0.3 is 0 Å². The Morgan fingerprint density at radius 2 is 1.79 bits per heavy atom. The van der Waals surface area contributed by atoms with Gasteiger partial charge in [-0.1, -0.05) is 0 Å². The minimum atomic E-state index is -0.720. The molecule has 0 radical (unpaired) electrons. The molecule has 0 spiro atoms. The van der Waals surface area contributed by atoms with Crippen molar-refractivity contribution in [1.29, 1.82) is 0 Å². The minimum Gasteiger partial charge on any atom is -0.383 e. The Labute approximate surface area is 170 Å². The molecule has 1 saturated heterocycles. The Morgan fingerprint density at radius 3 is 2.38 bits per heavy atom. The molecule has 1 aromatic carbocycles. The highest BCUT2D eigenvalue weighted by molar-refractivity contribution is 5.97. The van der Waals surface area contributed by atoms with Crippen molar-refractivity contribution in [2.24, 2.45) is 11.8 Å². The van der Waals surface area contributed by atoms with E-state index in [1.54, 1.807) is 7.11 Å². The van der Waals surface area contributed by atoms with E-state index in [-0.39, 0.29) is 23.7 Å². The fourth-order valence-corrected chi connectivity index (χ4v) is 3.65. The molecule has 29 heavy (non-hydrogen) atoms. The Morgan fingerprint density at radius 1 is 1.14 bits per heavy atom. The largest absolute Gasteiger partial charge is 0.383 e. The lowest BCUT2D eigenvalue weighted by atomic mass is 9.88. The number of nitrogens with one attached hydrogen (secondary N) is 2. The van der Waals surface area contributed by atoms with Crippen LogP contribution in [0.5, 0.6) is 0 Å². The van der Waals surface area contributed by atoms with E-state index in [4.69, 9.17) is 4.74 Å². The number of rotatable bonds is 8. The van der Waals surface area contributed by atoms with Crippen LogP contribution >= 0.6 is 0 Å². The van der Waals surface area contributed by atoms with Crippen molar-refractivity contribution in [1.82, 2.24) is 15.5 Å². The molecule has 0 bridgehead atoms. The normalized spacial score (nSPS) is 18.2. The highest BCUT2D eigenvalue weighted by Crippen LogP contribution is 2.33. The van der Waals surface area contributed by atoms with Gasteiger partial charge in [-0.2, -0.15) is 0 Å². The van der Waals surface area contributed by atoms with E-state index in [0.29, 0.717) is 44.6 Å². The van der Waals surface area contributed by atoms with Crippen molar-refractivity contribution in [3.63, 3.8) is 0 Å². The number of halogens is 1. The molecular weight excluding hydrogens is 377 g/mol. The van der Waals surface area contributed by atoms with Crippen molar-refractivity contribution in [2.75, 3.05) is 33.4 Å².